The van der Waals surface area contributed by atoms with E-state index in [1.54, 1.807) is 6.20 Å². The van der Waals surface area contributed by atoms with Crippen LogP contribution in [0.5, 0.6) is 0 Å². The molecule has 5 nitrogen and oxygen atoms in total. The molecular formula is C19H27N5. The summed E-state index contributed by atoms with van der Waals surface area (Å²) in [6, 6.07) is 10.8. The first-order valence-electron chi connectivity index (χ1n) is 8.86. The largest absolute Gasteiger partial charge is 0.357 e. The number of guanidine groups is 1. The third kappa shape index (κ3) is 3.96. The van der Waals surface area contributed by atoms with Crippen molar-refractivity contribution in [2.24, 2.45) is 4.99 Å². The van der Waals surface area contributed by atoms with Gasteiger partial charge in [0, 0.05) is 37.4 Å². The average molecular weight is 325 g/mol. The molecule has 24 heavy (non-hydrogen) atoms. The molecule has 1 aromatic carbocycles. The second-order valence-corrected chi connectivity index (χ2v) is 6.42. The molecule has 1 aromatic heterocycles. The van der Waals surface area contributed by atoms with Crippen molar-refractivity contribution in [2.75, 3.05) is 19.6 Å². The van der Waals surface area contributed by atoms with Gasteiger partial charge in [-0.05, 0) is 25.3 Å². The Morgan fingerprint density at radius 2 is 2.08 bits per heavy atom. The van der Waals surface area contributed by atoms with Crippen LogP contribution in [-0.4, -0.2) is 35.1 Å². The van der Waals surface area contributed by atoms with E-state index in [2.05, 4.69) is 57.4 Å². The van der Waals surface area contributed by atoms with Gasteiger partial charge in [-0.1, -0.05) is 36.8 Å². The van der Waals surface area contributed by atoms with Crippen molar-refractivity contribution in [2.45, 2.75) is 38.1 Å². The molecule has 1 heterocycles. The van der Waals surface area contributed by atoms with Crippen molar-refractivity contribution in [1.82, 2.24) is 20.2 Å². The van der Waals surface area contributed by atoms with Gasteiger partial charge in [-0.25, -0.2) is 4.98 Å². The van der Waals surface area contributed by atoms with Gasteiger partial charge in [0.1, 0.15) is 0 Å². The topological polar surface area (TPSA) is 54.2 Å². The first kappa shape index (κ1) is 16.6. The Morgan fingerprint density at radius 3 is 2.71 bits per heavy atom. The molecule has 3 rings (SSSR count). The van der Waals surface area contributed by atoms with Gasteiger partial charge in [-0.3, -0.25) is 4.99 Å². The first-order chi connectivity index (χ1) is 11.8. The van der Waals surface area contributed by atoms with E-state index in [0.717, 1.165) is 32.1 Å². The lowest BCUT2D eigenvalue weighted by Gasteiger charge is -2.41. The van der Waals surface area contributed by atoms with Crippen molar-refractivity contribution in [1.29, 1.82) is 0 Å². The van der Waals surface area contributed by atoms with E-state index in [0.29, 0.717) is 0 Å². The van der Waals surface area contributed by atoms with Crippen LogP contribution in [0.25, 0.3) is 0 Å². The number of rotatable bonds is 7. The minimum absolute atomic E-state index is 0.230. The highest BCUT2D eigenvalue weighted by molar-refractivity contribution is 5.79. The molecule has 0 atom stereocenters. The number of benzene rings is 1. The maximum Gasteiger partial charge on any atom is 0.191 e. The van der Waals surface area contributed by atoms with Gasteiger partial charge in [-0.15, -0.1) is 0 Å². The Bertz CT molecular complexity index is 629. The summed E-state index contributed by atoms with van der Waals surface area (Å²) in [5, 5.41) is 6.77. The van der Waals surface area contributed by atoms with Crippen LogP contribution < -0.4 is 10.6 Å². The Labute approximate surface area is 144 Å². The van der Waals surface area contributed by atoms with E-state index in [4.69, 9.17) is 4.99 Å². The van der Waals surface area contributed by atoms with Gasteiger partial charge in [0.05, 0.1) is 12.9 Å². The van der Waals surface area contributed by atoms with Crippen LogP contribution in [0.3, 0.4) is 0 Å². The lowest BCUT2D eigenvalue weighted by Crippen LogP contribution is -2.42. The van der Waals surface area contributed by atoms with E-state index in [1.807, 2.05) is 12.5 Å². The number of imidazole rings is 1. The molecule has 0 saturated heterocycles. The lowest BCUT2D eigenvalue weighted by molar-refractivity contribution is 0.253. The molecule has 1 aliphatic rings. The Kier molecular flexibility index (Phi) is 5.51. The number of nitrogens with one attached hydrogen (secondary N) is 2. The molecule has 0 unspecified atom stereocenters. The normalized spacial score (nSPS) is 16.5. The molecule has 0 aliphatic heterocycles. The van der Waals surface area contributed by atoms with E-state index < -0.39 is 0 Å². The molecule has 2 aromatic rings. The van der Waals surface area contributed by atoms with Crippen LogP contribution in [0.15, 0.2) is 54.0 Å². The third-order valence-electron chi connectivity index (χ3n) is 4.80. The molecule has 0 bridgehead atoms. The van der Waals surface area contributed by atoms with E-state index in [1.165, 1.54) is 24.8 Å². The fraction of sp³-hybridized carbons (Fsp3) is 0.474. The number of hydrogen-bond donors (Lipinski definition) is 2. The zero-order valence-corrected chi connectivity index (χ0v) is 14.4. The Hall–Kier alpha value is -2.30. The zero-order valence-electron chi connectivity index (χ0n) is 14.4. The highest BCUT2D eigenvalue weighted by Crippen LogP contribution is 2.43. The maximum atomic E-state index is 4.87. The molecule has 128 valence electrons. The molecular weight excluding hydrogens is 298 g/mol. The molecule has 0 radical (unpaired) electrons. The highest BCUT2D eigenvalue weighted by atomic mass is 15.2. The van der Waals surface area contributed by atoms with E-state index >= 15 is 0 Å². The van der Waals surface area contributed by atoms with Crippen LogP contribution in [0, 0.1) is 0 Å². The number of aliphatic imine (C=N–C) groups is 1. The predicted molar refractivity (Wildman–Crippen MR) is 98.2 cm³/mol. The van der Waals surface area contributed by atoms with Crippen LogP contribution in [-0.2, 0) is 12.0 Å². The minimum atomic E-state index is 0.230. The van der Waals surface area contributed by atoms with Gasteiger partial charge < -0.3 is 15.2 Å². The van der Waals surface area contributed by atoms with Gasteiger partial charge in [0.15, 0.2) is 5.96 Å². The summed E-state index contributed by atoms with van der Waals surface area (Å²) >= 11 is 0. The zero-order chi connectivity index (χ0) is 16.7. The minimum Gasteiger partial charge on any atom is -0.357 e. The maximum absolute atomic E-state index is 4.87. The molecule has 5 heteroatoms. The highest BCUT2D eigenvalue weighted by Gasteiger charge is 2.38. The molecule has 1 saturated carbocycles. The first-order valence-corrected chi connectivity index (χ1v) is 8.86. The number of aromatic nitrogens is 2. The van der Waals surface area contributed by atoms with Crippen LogP contribution in [0.4, 0.5) is 0 Å². The Balaban J connectivity index is 1.60. The van der Waals surface area contributed by atoms with Crippen molar-refractivity contribution < 1.29 is 0 Å². The van der Waals surface area contributed by atoms with Crippen molar-refractivity contribution in [3.05, 3.63) is 54.6 Å². The number of hydrogen-bond acceptors (Lipinski definition) is 2. The average Bonchev–Trinajstić information content (AvgIpc) is 3.08. The molecule has 1 aliphatic carbocycles. The fourth-order valence-electron chi connectivity index (χ4n) is 3.23. The molecule has 0 amide bonds. The third-order valence-corrected chi connectivity index (χ3v) is 4.80. The van der Waals surface area contributed by atoms with E-state index in [9.17, 15) is 0 Å². The van der Waals surface area contributed by atoms with Crippen LogP contribution in [0.1, 0.15) is 31.7 Å². The van der Waals surface area contributed by atoms with E-state index in [-0.39, 0.29) is 5.41 Å². The molecule has 0 spiro atoms. The van der Waals surface area contributed by atoms with Crippen molar-refractivity contribution in [3.63, 3.8) is 0 Å². The summed E-state index contributed by atoms with van der Waals surface area (Å²) in [4.78, 5) is 8.94. The summed E-state index contributed by atoms with van der Waals surface area (Å²) in [6.45, 7) is 5.53. The quantitative estimate of drug-likeness (QED) is 0.608. The molecule has 1 fully saturated rings. The van der Waals surface area contributed by atoms with Gasteiger partial charge in [0.2, 0.25) is 0 Å². The summed E-state index contributed by atoms with van der Waals surface area (Å²) < 4.78 is 2.06. The predicted octanol–water partition coefficient (Wildman–Crippen LogP) is 2.56. The van der Waals surface area contributed by atoms with Gasteiger partial charge >= 0.3 is 0 Å². The summed E-state index contributed by atoms with van der Waals surface area (Å²) in [5.74, 6) is 0.903. The second kappa shape index (κ2) is 7.99. The summed E-state index contributed by atoms with van der Waals surface area (Å²) in [6.07, 6.45) is 9.38. The van der Waals surface area contributed by atoms with Crippen LogP contribution in [0.2, 0.25) is 0 Å². The van der Waals surface area contributed by atoms with Crippen LogP contribution >= 0.6 is 0 Å². The van der Waals surface area contributed by atoms with Gasteiger partial charge in [0.25, 0.3) is 0 Å². The SMILES string of the molecule is CCNC(=NCC1(c2ccccc2)CCC1)NCCn1ccnc1. The molecule has 2 N–H and O–H groups in total. The Morgan fingerprint density at radius 1 is 1.25 bits per heavy atom. The fourth-order valence-corrected chi connectivity index (χ4v) is 3.23. The smallest absolute Gasteiger partial charge is 0.191 e. The van der Waals surface area contributed by atoms with Crippen molar-refractivity contribution in [3.8, 4) is 0 Å². The monoisotopic (exact) mass is 325 g/mol. The van der Waals surface area contributed by atoms with Crippen molar-refractivity contribution >= 4 is 5.96 Å². The summed E-state index contributed by atoms with van der Waals surface area (Å²) in [5.41, 5.74) is 1.66. The summed E-state index contributed by atoms with van der Waals surface area (Å²) in [7, 11) is 0. The second-order valence-electron chi connectivity index (χ2n) is 6.42. The standard InChI is InChI=1S/C19H27N5/c1-2-21-18(22-12-14-24-13-11-20-16-24)23-15-19(9-6-10-19)17-7-4-3-5-8-17/h3-5,7-8,11,13,16H,2,6,9-10,12,14-15H2,1H3,(H2,21,22,23). The lowest BCUT2D eigenvalue weighted by atomic mass is 9.64. The number of nitrogens with zero attached hydrogens (tertiary/aromatic N) is 3. The van der Waals surface area contributed by atoms with Gasteiger partial charge in [-0.2, -0.15) is 0 Å².